The van der Waals surface area contributed by atoms with Crippen LogP contribution < -0.4 is 18.9 Å². The zero-order valence-corrected chi connectivity index (χ0v) is 25.5. The van der Waals surface area contributed by atoms with Crippen LogP contribution in [0.15, 0.2) is 83.9 Å². The second-order valence-electron chi connectivity index (χ2n) is 11.9. The van der Waals surface area contributed by atoms with E-state index >= 15 is 0 Å². The molecule has 0 atom stereocenters. The summed E-state index contributed by atoms with van der Waals surface area (Å²) in [5, 5.41) is 0. The third-order valence-electron chi connectivity index (χ3n) is 9.80. The first-order valence-electron chi connectivity index (χ1n) is 15.2. The molecular weight excluding hydrogens is 532 g/mol. The Kier molecular flexibility index (Phi) is 7.01. The molecule has 218 valence electrons. The molecule has 0 spiro atoms. The van der Waals surface area contributed by atoms with Crippen molar-refractivity contribution >= 4 is 12.2 Å². The van der Waals surface area contributed by atoms with Gasteiger partial charge in [0.05, 0.1) is 28.4 Å². The van der Waals surface area contributed by atoms with E-state index in [0.29, 0.717) is 0 Å². The van der Waals surface area contributed by atoms with Gasteiger partial charge in [-0.2, -0.15) is 0 Å². The molecule has 0 aromatic heterocycles. The fourth-order valence-electron chi connectivity index (χ4n) is 7.61. The van der Waals surface area contributed by atoms with Gasteiger partial charge in [-0.05, 0) is 94.5 Å². The highest BCUT2D eigenvalue weighted by Gasteiger charge is 2.43. The van der Waals surface area contributed by atoms with E-state index in [2.05, 4.69) is 72.8 Å². The van der Waals surface area contributed by atoms with Crippen molar-refractivity contribution in [1.29, 1.82) is 0 Å². The lowest BCUT2D eigenvalue weighted by atomic mass is 9.71. The van der Waals surface area contributed by atoms with Crippen LogP contribution in [0.4, 0.5) is 0 Å². The van der Waals surface area contributed by atoms with Crippen molar-refractivity contribution in [2.45, 2.75) is 38.5 Å². The highest BCUT2D eigenvalue weighted by molar-refractivity contribution is 5.85. The molecule has 4 heteroatoms. The third-order valence-corrected chi connectivity index (χ3v) is 9.80. The normalized spacial score (nSPS) is 16.3. The molecule has 0 saturated heterocycles. The summed E-state index contributed by atoms with van der Waals surface area (Å²) in [5.41, 5.74) is 13.4. The number of benzene rings is 4. The van der Waals surface area contributed by atoms with Gasteiger partial charge in [0.15, 0.2) is 0 Å². The van der Waals surface area contributed by atoms with E-state index < -0.39 is 0 Å². The van der Waals surface area contributed by atoms with Gasteiger partial charge in [0.2, 0.25) is 0 Å². The fourth-order valence-corrected chi connectivity index (χ4v) is 7.61. The summed E-state index contributed by atoms with van der Waals surface area (Å²) >= 11 is 0. The van der Waals surface area contributed by atoms with Crippen LogP contribution in [0.3, 0.4) is 0 Å². The zero-order valence-electron chi connectivity index (χ0n) is 25.5. The monoisotopic (exact) mass is 570 g/mol. The molecule has 1 saturated carbocycles. The van der Waals surface area contributed by atoms with E-state index in [1.807, 2.05) is 12.1 Å². The molecule has 7 rings (SSSR count). The molecule has 43 heavy (non-hydrogen) atoms. The van der Waals surface area contributed by atoms with Crippen LogP contribution in [0.25, 0.3) is 34.4 Å². The molecule has 4 aromatic rings. The van der Waals surface area contributed by atoms with E-state index in [1.165, 1.54) is 59.1 Å². The largest absolute Gasteiger partial charge is 0.497 e. The topological polar surface area (TPSA) is 36.9 Å². The van der Waals surface area contributed by atoms with Gasteiger partial charge in [-0.3, -0.25) is 0 Å². The Morgan fingerprint density at radius 1 is 0.512 bits per heavy atom. The number of rotatable bonds is 8. The van der Waals surface area contributed by atoms with Crippen LogP contribution in [0.2, 0.25) is 0 Å². The third kappa shape index (κ3) is 4.70. The predicted octanol–water partition coefficient (Wildman–Crippen LogP) is 9.19. The van der Waals surface area contributed by atoms with Gasteiger partial charge in [-0.15, -0.1) is 0 Å². The van der Waals surface area contributed by atoms with Gasteiger partial charge < -0.3 is 18.9 Å². The average Bonchev–Trinajstić information content (AvgIpc) is 3.82. The van der Waals surface area contributed by atoms with Gasteiger partial charge in [0, 0.05) is 17.5 Å². The van der Waals surface area contributed by atoms with Crippen LogP contribution in [0.5, 0.6) is 23.0 Å². The molecule has 4 aromatic carbocycles. The van der Waals surface area contributed by atoms with E-state index in [1.54, 1.807) is 39.6 Å². The first-order chi connectivity index (χ1) is 21.0. The first kappa shape index (κ1) is 27.4. The number of methoxy groups -OCH3 is 4. The summed E-state index contributed by atoms with van der Waals surface area (Å²) in [6.07, 6.45) is 12.0. The molecular formula is C39H38O4. The molecule has 3 aliphatic carbocycles. The second-order valence-corrected chi connectivity index (χ2v) is 11.9. The number of hydrogen-bond donors (Lipinski definition) is 0. The Hall–Kier alpha value is -4.44. The molecule has 0 amide bonds. The van der Waals surface area contributed by atoms with Gasteiger partial charge in [-0.1, -0.05) is 72.5 Å². The van der Waals surface area contributed by atoms with Crippen molar-refractivity contribution in [2.24, 2.45) is 5.41 Å². The minimum Gasteiger partial charge on any atom is -0.497 e. The highest BCUT2D eigenvalue weighted by Crippen LogP contribution is 2.57. The second kappa shape index (κ2) is 11.0. The number of allylic oxidation sites excluding steroid dienone is 2. The maximum atomic E-state index is 5.61. The SMILES string of the molecule is COc1cc(OC)cc(-c2cccc3c2C=C(C2(C4=Cc5c(cccc5-c5cc(OC)cc(OC)c5)C4)CCCC2)C3)c1. The minimum atomic E-state index is 0.0880. The summed E-state index contributed by atoms with van der Waals surface area (Å²) in [4.78, 5) is 0. The lowest BCUT2D eigenvalue weighted by Crippen LogP contribution is -2.22. The van der Waals surface area contributed by atoms with Crippen molar-refractivity contribution < 1.29 is 18.9 Å². The van der Waals surface area contributed by atoms with Crippen LogP contribution in [0, 0.1) is 5.41 Å². The van der Waals surface area contributed by atoms with Gasteiger partial charge >= 0.3 is 0 Å². The quantitative estimate of drug-likeness (QED) is 0.212. The van der Waals surface area contributed by atoms with E-state index in [9.17, 15) is 0 Å². The van der Waals surface area contributed by atoms with Crippen molar-refractivity contribution in [1.82, 2.24) is 0 Å². The molecule has 4 nitrogen and oxygen atoms in total. The molecule has 0 heterocycles. The standard InChI is InChI=1S/C39H38O4/c1-40-31-17-27(18-32(23-31)41-2)35-11-7-9-25-15-29(21-37(25)35)39(13-5-6-14-39)30-16-26-10-8-12-36(38(26)22-30)28-19-33(42-3)24-34(20-28)43-4/h7-12,17-24H,5-6,13-16H2,1-4H3. The van der Waals surface area contributed by atoms with Crippen molar-refractivity contribution in [3.8, 4) is 45.3 Å². The summed E-state index contributed by atoms with van der Waals surface area (Å²) in [7, 11) is 6.83. The van der Waals surface area contributed by atoms with Gasteiger partial charge in [0.25, 0.3) is 0 Å². The highest BCUT2D eigenvalue weighted by atomic mass is 16.5. The maximum Gasteiger partial charge on any atom is 0.123 e. The minimum absolute atomic E-state index is 0.0880. The van der Waals surface area contributed by atoms with Gasteiger partial charge in [0.1, 0.15) is 23.0 Å². The van der Waals surface area contributed by atoms with Crippen molar-refractivity contribution in [2.75, 3.05) is 28.4 Å². The van der Waals surface area contributed by atoms with E-state index in [4.69, 9.17) is 18.9 Å². The Morgan fingerprint density at radius 3 is 1.28 bits per heavy atom. The maximum absolute atomic E-state index is 5.61. The number of fused-ring (bicyclic) bond motifs is 2. The predicted molar refractivity (Wildman–Crippen MR) is 174 cm³/mol. The Labute approximate surface area is 254 Å². The summed E-state index contributed by atoms with van der Waals surface area (Å²) in [5.74, 6) is 3.22. The molecule has 0 aliphatic heterocycles. The summed E-state index contributed by atoms with van der Waals surface area (Å²) in [6.45, 7) is 0. The molecule has 0 radical (unpaired) electrons. The van der Waals surface area contributed by atoms with Crippen molar-refractivity contribution in [3.05, 3.63) is 106 Å². The van der Waals surface area contributed by atoms with Gasteiger partial charge in [-0.25, -0.2) is 0 Å². The van der Waals surface area contributed by atoms with Crippen molar-refractivity contribution in [3.63, 3.8) is 0 Å². The number of hydrogen-bond acceptors (Lipinski definition) is 4. The summed E-state index contributed by atoms with van der Waals surface area (Å²) < 4.78 is 22.4. The molecule has 0 bridgehead atoms. The van der Waals surface area contributed by atoms with E-state index in [0.717, 1.165) is 47.0 Å². The lowest BCUT2D eigenvalue weighted by molar-refractivity contribution is 0.394. The Balaban J connectivity index is 1.30. The van der Waals surface area contributed by atoms with Crippen LogP contribution >= 0.6 is 0 Å². The van der Waals surface area contributed by atoms with Crippen LogP contribution in [0.1, 0.15) is 47.9 Å². The molecule has 0 N–H and O–H groups in total. The van der Waals surface area contributed by atoms with E-state index in [-0.39, 0.29) is 5.41 Å². The van der Waals surface area contributed by atoms with Crippen LogP contribution in [-0.2, 0) is 12.8 Å². The average molecular weight is 571 g/mol. The Bertz CT molecular complexity index is 1600. The lowest BCUT2D eigenvalue weighted by Gasteiger charge is -2.33. The molecule has 3 aliphatic rings. The number of ether oxygens (including phenoxy) is 4. The summed E-state index contributed by atoms with van der Waals surface area (Å²) in [6, 6.07) is 25.8. The smallest absolute Gasteiger partial charge is 0.123 e. The zero-order chi connectivity index (χ0) is 29.6. The fraction of sp³-hybridized carbons (Fsp3) is 0.282. The first-order valence-corrected chi connectivity index (χ1v) is 15.2. The van der Waals surface area contributed by atoms with Crippen LogP contribution in [-0.4, -0.2) is 28.4 Å². The molecule has 1 fully saturated rings. The Morgan fingerprint density at radius 2 is 0.907 bits per heavy atom. The molecule has 0 unspecified atom stereocenters.